The van der Waals surface area contributed by atoms with E-state index >= 15 is 0 Å². The summed E-state index contributed by atoms with van der Waals surface area (Å²) in [6, 6.07) is 4.29. The summed E-state index contributed by atoms with van der Waals surface area (Å²) in [6.45, 7) is 2.91. The molecule has 1 N–H and O–H groups in total. The first kappa shape index (κ1) is 11.4. The van der Waals surface area contributed by atoms with Gasteiger partial charge in [0.15, 0.2) is 0 Å². The van der Waals surface area contributed by atoms with Crippen LogP contribution in [0, 0.1) is 0 Å². The fourth-order valence-electron chi connectivity index (χ4n) is 1.28. The number of nitrogens with one attached hydrogen (secondary N) is 1. The maximum Gasteiger partial charge on any atom is 0.222 e. The number of hydrogen-bond donors (Lipinski definition) is 1. The molecule has 0 aliphatic rings. The average molecular weight is 254 g/mol. The lowest BCUT2D eigenvalue weighted by atomic mass is 10.4. The van der Waals surface area contributed by atoms with Crippen molar-refractivity contribution in [1.29, 1.82) is 0 Å². The van der Waals surface area contributed by atoms with Gasteiger partial charge in [-0.3, -0.25) is 0 Å². The molecule has 0 saturated carbocycles. The largest absolute Gasteiger partial charge is 0.349 e. The van der Waals surface area contributed by atoms with E-state index in [1.54, 1.807) is 12.4 Å². The lowest BCUT2D eigenvalue weighted by Crippen LogP contribution is -2.01. The zero-order valence-corrected chi connectivity index (χ0v) is 10.5. The molecule has 0 atom stereocenters. The Morgan fingerprint density at radius 3 is 2.56 bits per heavy atom. The van der Waals surface area contributed by atoms with Crippen molar-refractivity contribution in [3.05, 3.63) is 39.3 Å². The summed E-state index contributed by atoms with van der Waals surface area (Å²) in [5.41, 5.74) is 0. The summed E-state index contributed by atoms with van der Waals surface area (Å²) in [5.74, 6) is 0.607. The summed E-state index contributed by atoms with van der Waals surface area (Å²) in [5, 5.41) is 3.71. The van der Waals surface area contributed by atoms with Crippen LogP contribution < -0.4 is 5.32 Å². The number of rotatable bonds is 4. The quantitative estimate of drug-likeness (QED) is 0.908. The Labute approximate surface area is 104 Å². The highest BCUT2D eigenvalue weighted by Gasteiger charge is 2.00. The fourth-order valence-corrected chi connectivity index (χ4v) is 2.27. The van der Waals surface area contributed by atoms with Crippen LogP contribution in [0.15, 0.2) is 24.5 Å². The number of halogens is 1. The number of hydrogen-bond acceptors (Lipinski definition) is 4. The second-order valence-corrected chi connectivity index (χ2v) is 4.99. The Bertz CT molecular complexity index is 453. The van der Waals surface area contributed by atoms with E-state index in [9.17, 15) is 0 Å². The molecular formula is C11H12ClN3S. The molecule has 2 aromatic heterocycles. The maximum absolute atomic E-state index is 5.70. The van der Waals surface area contributed by atoms with E-state index in [0.717, 1.165) is 13.0 Å². The summed E-state index contributed by atoms with van der Waals surface area (Å²) in [4.78, 5) is 10.8. The molecule has 0 radical (unpaired) electrons. The van der Waals surface area contributed by atoms with Crippen molar-refractivity contribution in [3.8, 4) is 0 Å². The molecule has 0 aliphatic heterocycles. The average Bonchev–Trinajstić information content (AvgIpc) is 2.76. The topological polar surface area (TPSA) is 37.8 Å². The van der Waals surface area contributed by atoms with Crippen molar-refractivity contribution in [2.75, 3.05) is 5.32 Å². The summed E-state index contributed by atoms with van der Waals surface area (Å²) in [6.07, 6.45) is 4.26. The van der Waals surface area contributed by atoms with Gasteiger partial charge in [-0.15, -0.1) is 11.3 Å². The minimum absolute atomic E-state index is 0.551. The van der Waals surface area contributed by atoms with Gasteiger partial charge in [-0.05, 0) is 18.6 Å². The van der Waals surface area contributed by atoms with Crippen LogP contribution in [0.1, 0.15) is 16.7 Å². The molecular weight excluding hydrogens is 242 g/mol. The molecule has 2 heterocycles. The van der Waals surface area contributed by atoms with Crippen molar-refractivity contribution in [2.24, 2.45) is 0 Å². The van der Waals surface area contributed by atoms with Gasteiger partial charge in [-0.25, -0.2) is 9.97 Å². The number of nitrogens with zero attached hydrogens (tertiary/aromatic N) is 2. The van der Waals surface area contributed by atoms with E-state index in [4.69, 9.17) is 11.6 Å². The van der Waals surface area contributed by atoms with E-state index in [2.05, 4.69) is 34.3 Å². The zero-order chi connectivity index (χ0) is 11.4. The Hall–Kier alpha value is -1.13. The van der Waals surface area contributed by atoms with Crippen LogP contribution in [0.5, 0.6) is 0 Å². The molecule has 0 fully saturated rings. The summed E-state index contributed by atoms with van der Waals surface area (Å²) < 4.78 is 0. The molecule has 2 rings (SSSR count). The Balaban J connectivity index is 1.94. The SMILES string of the molecule is CCc1ccc(CNc2ncc(Cl)cn2)s1. The molecule has 84 valence electrons. The molecule has 0 aromatic carbocycles. The van der Waals surface area contributed by atoms with Crippen molar-refractivity contribution >= 4 is 28.9 Å². The predicted molar refractivity (Wildman–Crippen MR) is 68.1 cm³/mol. The third-order valence-electron chi connectivity index (χ3n) is 2.11. The highest BCUT2D eigenvalue weighted by Crippen LogP contribution is 2.17. The van der Waals surface area contributed by atoms with Gasteiger partial charge in [-0.1, -0.05) is 18.5 Å². The van der Waals surface area contributed by atoms with Gasteiger partial charge in [0.25, 0.3) is 0 Å². The third-order valence-corrected chi connectivity index (χ3v) is 3.53. The van der Waals surface area contributed by atoms with Gasteiger partial charge in [0, 0.05) is 9.75 Å². The van der Waals surface area contributed by atoms with E-state index < -0.39 is 0 Å². The molecule has 0 unspecified atom stereocenters. The fraction of sp³-hybridized carbons (Fsp3) is 0.273. The zero-order valence-electron chi connectivity index (χ0n) is 8.90. The summed E-state index contributed by atoms with van der Waals surface area (Å²) in [7, 11) is 0. The number of aromatic nitrogens is 2. The molecule has 5 heteroatoms. The van der Waals surface area contributed by atoms with Gasteiger partial charge in [0.1, 0.15) is 0 Å². The molecule has 0 spiro atoms. The first-order valence-electron chi connectivity index (χ1n) is 5.07. The predicted octanol–water partition coefficient (Wildman–Crippen LogP) is 3.37. The van der Waals surface area contributed by atoms with E-state index in [1.165, 1.54) is 9.75 Å². The van der Waals surface area contributed by atoms with Crippen LogP contribution in [-0.4, -0.2) is 9.97 Å². The number of thiophene rings is 1. The molecule has 0 bridgehead atoms. The van der Waals surface area contributed by atoms with Crippen LogP contribution in [0.25, 0.3) is 0 Å². The molecule has 2 aromatic rings. The molecule has 0 saturated heterocycles. The monoisotopic (exact) mass is 253 g/mol. The third kappa shape index (κ3) is 2.93. The van der Waals surface area contributed by atoms with Crippen LogP contribution in [0.3, 0.4) is 0 Å². The normalized spacial score (nSPS) is 10.4. The van der Waals surface area contributed by atoms with Crippen molar-refractivity contribution in [1.82, 2.24) is 9.97 Å². The smallest absolute Gasteiger partial charge is 0.222 e. The van der Waals surface area contributed by atoms with Crippen LogP contribution >= 0.6 is 22.9 Å². The van der Waals surface area contributed by atoms with Crippen LogP contribution in [0.4, 0.5) is 5.95 Å². The van der Waals surface area contributed by atoms with Gasteiger partial charge >= 0.3 is 0 Å². The second kappa shape index (κ2) is 5.27. The Kier molecular flexibility index (Phi) is 3.74. The maximum atomic E-state index is 5.70. The Morgan fingerprint density at radius 1 is 1.25 bits per heavy atom. The lowest BCUT2D eigenvalue weighted by molar-refractivity contribution is 1.07. The van der Waals surface area contributed by atoms with E-state index in [1.807, 2.05) is 11.3 Å². The number of aryl methyl sites for hydroxylation is 1. The first-order valence-corrected chi connectivity index (χ1v) is 6.26. The standard InChI is InChI=1S/C11H12ClN3S/c1-2-9-3-4-10(16-9)7-15-11-13-5-8(12)6-14-11/h3-6H,2,7H2,1H3,(H,13,14,15). The van der Waals surface area contributed by atoms with Gasteiger partial charge in [0.05, 0.1) is 24.0 Å². The van der Waals surface area contributed by atoms with Crippen LogP contribution in [0.2, 0.25) is 5.02 Å². The lowest BCUT2D eigenvalue weighted by Gasteiger charge is -2.01. The Morgan fingerprint density at radius 2 is 1.94 bits per heavy atom. The minimum atomic E-state index is 0.551. The highest BCUT2D eigenvalue weighted by molar-refractivity contribution is 7.12. The molecule has 0 aliphatic carbocycles. The molecule has 16 heavy (non-hydrogen) atoms. The first-order chi connectivity index (χ1) is 7.78. The van der Waals surface area contributed by atoms with Crippen molar-refractivity contribution in [2.45, 2.75) is 19.9 Å². The van der Waals surface area contributed by atoms with Crippen molar-refractivity contribution in [3.63, 3.8) is 0 Å². The molecule has 3 nitrogen and oxygen atoms in total. The van der Waals surface area contributed by atoms with Crippen molar-refractivity contribution < 1.29 is 0 Å². The highest BCUT2D eigenvalue weighted by atomic mass is 35.5. The summed E-state index contributed by atoms with van der Waals surface area (Å²) >= 11 is 7.51. The van der Waals surface area contributed by atoms with E-state index in [0.29, 0.717) is 11.0 Å². The molecule has 0 amide bonds. The van der Waals surface area contributed by atoms with E-state index in [-0.39, 0.29) is 0 Å². The number of anilines is 1. The minimum Gasteiger partial charge on any atom is -0.349 e. The van der Waals surface area contributed by atoms with Gasteiger partial charge in [0.2, 0.25) is 5.95 Å². The second-order valence-electron chi connectivity index (χ2n) is 3.30. The van der Waals surface area contributed by atoms with Crippen LogP contribution in [-0.2, 0) is 13.0 Å². The van der Waals surface area contributed by atoms with Gasteiger partial charge in [-0.2, -0.15) is 0 Å². The van der Waals surface area contributed by atoms with Gasteiger partial charge < -0.3 is 5.32 Å².